The Bertz CT molecular complexity index is 1300. The molecule has 0 radical (unpaired) electrons. The summed E-state index contributed by atoms with van der Waals surface area (Å²) < 4.78 is 11.5. The first kappa shape index (κ1) is 26.2. The van der Waals surface area contributed by atoms with Crippen molar-refractivity contribution in [3.05, 3.63) is 64.3 Å². The van der Waals surface area contributed by atoms with Gasteiger partial charge < -0.3 is 25.4 Å². The van der Waals surface area contributed by atoms with Crippen LogP contribution in [0.15, 0.2) is 42.6 Å². The second-order valence-corrected chi connectivity index (χ2v) is 9.84. The summed E-state index contributed by atoms with van der Waals surface area (Å²) in [7, 11) is 3.30. The van der Waals surface area contributed by atoms with Crippen LogP contribution in [0.25, 0.3) is 0 Å². The van der Waals surface area contributed by atoms with Gasteiger partial charge in [-0.3, -0.25) is 9.69 Å². The minimum atomic E-state index is -0.206. The Hall–Kier alpha value is -3.40. The van der Waals surface area contributed by atoms with Crippen LogP contribution in [-0.4, -0.2) is 67.3 Å². The first-order chi connectivity index (χ1) is 18.6. The number of nitrogens with zero attached hydrogens (tertiary/aromatic N) is 3. The minimum absolute atomic E-state index is 0.206. The number of ether oxygens (including phenoxy) is 2. The van der Waals surface area contributed by atoms with Crippen molar-refractivity contribution in [2.24, 2.45) is 0 Å². The molecule has 2 aromatic carbocycles. The summed E-state index contributed by atoms with van der Waals surface area (Å²) in [6, 6.07) is 11.9. The van der Waals surface area contributed by atoms with Gasteiger partial charge in [0.1, 0.15) is 10.8 Å². The molecule has 38 heavy (non-hydrogen) atoms. The Balaban J connectivity index is 1.37. The van der Waals surface area contributed by atoms with Gasteiger partial charge in [0.15, 0.2) is 5.82 Å². The zero-order valence-corrected chi connectivity index (χ0v) is 22.5. The predicted octanol–water partition coefficient (Wildman–Crippen LogP) is 4.57. The Kier molecular flexibility index (Phi) is 8.26. The third-order valence-corrected chi connectivity index (χ3v) is 7.52. The number of rotatable bonds is 7. The molecule has 3 aromatic rings. The van der Waals surface area contributed by atoms with Crippen molar-refractivity contribution in [3.63, 3.8) is 0 Å². The summed E-state index contributed by atoms with van der Waals surface area (Å²) in [4.78, 5) is 23.8. The van der Waals surface area contributed by atoms with E-state index in [0.717, 1.165) is 63.4 Å². The van der Waals surface area contributed by atoms with Gasteiger partial charge in [-0.1, -0.05) is 29.8 Å². The van der Waals surface area contributed by atoms with E-state index in [1.807, 2.05) is 12.1 Å². The zero-order valence-electron chi connectivity index (χ0n) is 21.7. The van der Waals surface area contributed by atoms with Gasteiger partial charge in [-0.25, -0.2) is 4.98 Å². The van der Waals surface area contributed by atoms with E-state index in [4.69, 9.17) is 21.1 Å². The fourth-order valence-electron chi connectivity index (χ4n) is 5.28. The summed E-state index contributed by atoms with van der Waals surface area (Å²) in [5.41, 5.74) is 4.45. The number of amides is 1. The number of benzene rings is 2. The molecule has 1 unspecified atom stereocenters. The van der Waals surface area contributed by atoms with Gasteiger partial charge >= 0.3 is 0 Å². The molecule has 3 N–H and O–H groups in total. The van der Waals surface area contributed by atoms with Gasteiger partial charge in [-0.05, 0) is 55.0 Å². The highest BCUT2D eigenvalue weighted by Crippen LogP contribution is 2.38. The van der Waals surface area contributed by atoms with Gasteiger partial charge in [-0.2, -0.15) is 4.98 Å². The predicted molar refractivity (Wildman–Crippen MR) is 149 cm³/mol. The highest BCUT2D eigenvalue weighted by atomic mass is 35.5. The molecule has 10 heteroatoms. The molecule has 0 spiro atoms. The number of para-hydroxylation sites is 1. The summed E-state index contributed by atoms with van der Waals surface area (Å²) in [5, 5.41) is 9.48. The minimum Gasteiger partial charge on any atom is -0.494 e. The number of morpholine rings is 1. The van der Waals surface area contributed by atoms with E-state index in [1.165, 1.54) is 17.3 Å². The van der Waals surface area contributed by atoms with Gasteiger partial charge in [-0.15, -0.1) is 0 Å². The molecule has 1 fully saturated rings. The number of carbonyl (C=O) groups is 1. The van der Waals surface area contributed by atoms with Crippen LogP contribution < -0.4 is 20.7 Å². The lowest BCUT2D eigenvalue weighted by molar-refractivity contribution is 0.0136. The van der Waals surface area contributed by atoms with Gasteiger partial charge in [0, 0.05) is 26.2 Å². The fourth-order valence-corrected chi connectivity index (χ4v) is 5.42. The molecule has 1 aliphatic heterocycles. The monoisotopic (exact) mass is 536 g/mol. The van der Waals surface area contributed by atoms with Crippen LogP contribution in [0.5, 0.6) is 5.75 Å². The number of aromatic nitrogens is 2. The summed E-state index contributed by atoms with van der Waals surface area (Å²) in [6.07, 6.45) is 5.72. The number of hydrogen-bond acceptors (Lipinski definition) is 8. The van der Waals surface area contributed by atoms with Gasteiger partial charge in [0.05, 0.1) is 43.5 Å². The number of carbonyl (C=O) groups excluding carboxylic acids is 1. The average molecular weight is 537 g/mol. The van der Waals surface area contributed by atoms with E-state index >= 15 is 0 Å². The van der Waals surface area contributed by atoms with E-state index < -0.39 is 0 Å². The van der Waals surface area contributed by atoms with Crippen LogP contribution in [0.1, 0.15) is 34.3 Å². The molecule has 2 heterocycles. The molecule has 9 nitrogen and oxygen atoms in total. The lowest BCUT2D eigenvalue weighted by Gasteiger charge is -2.34. The van der Waals surface area contributed by atoms with Crippen molar-refractivity contribution >= 4 is 40.6 Å². The first-order valence-corrected chi connectivity index (χ1v) is 13.3. The number of anilines is 4. The third-order valence-electron chi connectivity index (χ3n) is 7.24. The number of aryl methyl sites for hydroxylation is 1. The summed E-state index contributed by atoms with van der Waals surface area (Å²) >= 11 is 6.41. The molecule has 1 aromatic heterocycles. The first-order valence-electron chi connectivity index (χ1n) is 13.0. The smallest absolute Gasteiger partial charge is 0.253 e. The van der Waals surface area contributed by atoms with Gasteiger partial charge in [0.25, 0.3) is 5.91 Å². The Morgan fingerprint density at radius 1 is 1.08 bits per heavy atom. The molecule has 200 valence electrons. The van der Waals surface area contributed by atoms with Crippen molar-refractivity contribution in [2.75, 3.05) is 51.1 Å². The molecule has 2 aliphatic rings. The maximum atomic E-state index is 12.3. The fraction of sp³-hybridized carbons (Fsp3) is 0.393. The zero-order chi connectivity index (χ0) is 26.5. The number of nitrogens with one attached hydrogen (secondary N) is 3. The number of fused-ring (bicyclic) bond motifs is 1. The van der Waals surface area contributed by atoms with Crippen molar-refractivity contribution in [1.82, 2.24) is 20.2 Å². The van der Waals surface area contributed by atoms with E-state index in [9.17, 15) is 4.79 Å². The molecule has 1 amide bonds. The molecule has 0 bridgehead atoms. The standard InChI is InChI=1S/C28H33ClN6O3/c1-30-27(36)21-5-3-4-6-23(21)32-26-22(29)17-31-28(34-26)33-24-12-8-18-7-9-19(35-13-15-38-16-14-35)10-11-20(18)25(24)37-2/h3-6,8,12,17,19H,7,9-11,13-16H2,1-2H3,(H,30,36)(H2,31,32,33,34). The van der Waals surface area contributed by atoms with Crippen LogP contribution in [0.2, 0.25) is 5.02 Å². The maximum absolute atomic E-state index is 12.3. The lowest BCUT2D eigenvalue weighted by Crippen LogP contribution is -2.43. The summed E-state index contributed by atoms with van der Waals surface area (Å²) in [6.45, 7) is 3.64. The van der Waals surface area contributed by atoms with Crippen molar-refractivity contribution in [2.45, 2.75) is 31.7 Å². The maximum Gasteiger partial charge on any atom is 0.253 e. The second kappa shape index (κ2) is 12.0. The molecule has 1 atom stereocenters. The van der Waals surface area contributed by atoms with Crippen LogP contribution >= 0.6 is 11.6 Å². The number of hydrogen-bond donors (Lipinski definition) is 3. The highest BCUT2D eigenvalue weighted by Gasteiger charge is 2.26. The van der Waals surface area contributed by atoms with Crippen LogP contribution in [-0.2, 0) is 17.6 Å². The number of halogens is 1. The van der Waals surface area contributed by atoms with Crippen LogP contribution in [0.3, 0.4) is 0 Å². The van der Waals surface area contributed by atoms with Gasteiger partial charge in [0.2, 0.25) is 5.95 Å². The Morgan fingerprint density at radius 3 is 2.66 bits per heavy atom. The van der Waals surface area contributed by atoms with Crippen molar-refractivity contribution in [1.29, 1.82) is 0 Å². The topological polar surface area (TPSA) is 101 Å². The molecule has 1 aliphatic carbocycles. The molecule has 1 saturated heterocycles. The van der Waals surface area contributed by atoms with Crippen molar-refractivity contribution in [3.8, 4) is 5.75 Å². The largest absolute Gasteiger partial charge is 0.494 e. The molecule has 5 rings (SSSR count). The van der Waals surface area contributed by atoms with E-state index in [0.29, 0.717) is 34.1 Å². The molecular formula is C28H33ClN6O3. The Morgan fingerprint density at radius 2 is 1.87 bits per heavy atom. The molecule has 0 saturated carbocycles. The quantitative estimate of drug-likeness (QED) is 0.378. The second-order valence-electron chi connectivity index (χ2n) is 9.43. The lowest BCUT2D eigenvalue weighted by atomic mass is 10.0. The summed E-state index contributed by atoms with van der Waals surface area (Å²) in [5.74, 6) is 1.38. The normalized spacial score (nSPS) is 17.7. The SMILES string of the molecule is CNC(=O)c1ccccc1Nc1nc(Nc2ccc3c(c2OC)CCC(N2CCOCC2)CC3)ncc1Cl. The average Bonchev–Trinajstić information content (AvgIpc) is 3.18. The Labute approximate surface area is 227 Å². The van der Waals surface area contributed by atoms with Crippen molar-refractivity contribution < 1.29 is 14.3 Å². The van der Waals surface area contributed by atoms with E-state index in [1.54, 1.807) is 32.4 Å². The van der Waals surface area contributed by atoms with Crippen LogP contribution in [0.4, 0.5) is 23.1 Å². The third kappa shape index (κ3) is 5.70. The van der Waals surface area contributed by atoms with Crippen LogP contribution in [0, 0.1) is 0 Å². The highest BCUT2D eigenvalue weighted by molar-refractivity contribution is 6.33. The van der Waals surface area contributed by atoms with E-state index in [2.05, 4.69) is 36.9 Å². The number of methoxy groups -OCH3 is 1. The van der Waals surface area contributed by atoms with E-state index in [-0.39, 0.29) is 5.91 Å². The molecular weight excluding hydrogens is 504 g/mol.